The summed E-state index contributed by atoms with van der Waals surface area (Å²) in [5.74, 6) is -0.575. The Morgan fingerprint density at radius 3 is 2.54 bits per heavy atom. The molecule has 7 heteroatoms. The van der Waals surface area contributed by atoms with E-state index in [0.717, 1.165) is 11.3 Å². The van der Waals surface area contributed by atoms with Crippen LogP contribution in [0.4, 0.5) is 11.4 Å². The summed E-state index contributed by atoms with van der Waals surface area (Å²) in [6.07, 6.45) is 0.219. The molecular weight excluding hydrogens is 380 g/mol. The molecule has 28 heavy (non-hydrogen) atoms. The summed E-state index contributed by atoms with van der Waals surface area (Å²) in [6, 6.07) is 12.4. The molecule has 0 bridgehead atoms. The number of carbonyl (C=O) groups is 2. The lowest BCUT2D eigenvalue weighted by molar-refractivity contribution is -0.115. The Bertz CT molecular complexity index is 833. The topological polar surface area (TPSA) is 67.9 Å². The van der Waals surface area contributed by atoms with E-state index in [1.54, 1.807) is 31.2 Å². The van der Waals surface area contributed by atoms with Crippen molar-refractivity contribution in [1.29, 1.82) is 0 Å². The second-order valence-corrected chi connectivity index (χ2v) is 6.84. The number of amides is 1. The predicted octanol–water partition coefficient (Wildman–Crippen LogP) is 3.53. The van der Waals surface area contributed by atoms with Gasteiger partial charge in [0, 0.05) is 23.8 Å². The van der Waals surface area contributed by atoms with Crippen molar-refractivity contribution in [2.24, 2.45) is 0 Å². The van der Waals surface area contributed by atoms with E-state index < -0.39 is 5.97 Å². The molecule has 1 heterocycles. The normalized spacial score (nSPS) is 13.9. The van der Waals surface area contributed by atoms with Crippen molar-refractivity contribution < 1.29 is 19.1 Å². The van der Waals surface area contributed by atoms with E-state index in [1.807, 2.05) is 18.2 Å². The highest BCUT2D eigenvalue weighted by molar-refractivity contribution is 6.30. The molecule has 1 N–H and O–H groups in total. The molecule has 0 aromatic heterocycles. The lowest BCUT2D eigenvalue weighted by Gasteiger charge is -2.30. The van der Waals surface area contributed by atoms with E-state index in [1.165, 1.54) is 0 Å². The number of rotatable bonds is 6. The van der Waals surface area contributed by atoms with Crippen LogP contribution < -0.4 is 10.2 Å². The second-order valence-electron chi connectivity index (χ2n) is 6.40. The van der Waals surface area contributed by atoms with E-state index in [2.05, 4.69) is 10.2 Å². The van der Waals surface area contributed by atoms with Crippen molar-refractivity contribution in [3.8, 4) is 0 Å². The molecule has 2 aromatic rings. The van der Waals surface area contributed by atoms with E-state index in [0.29, 0.717) is 42.6 Å². The van der Waals surface area contributed by atoms with Gasteiger partial charge in [0.1, 0.15) is 0 Å². The molecular formula is C21H23ClN2O4. The second kappa shape index (κ2) is 9.57. The van der Waals surface area contributed by atoms with Crippen molar-refractivity contribution in [3.63, 3.8) is 0 Å². The van der Waals surface area contributed by atoms with Crippen LogP contribution in [0, 0.1) is 0 Å². The van der Waals surface area contributed by atoms with Gasteiger partial charge in [-0.1, -0.05) is 23.7 Å². The standard InChI is InChI=1S/C21H23ClN2O4/c1-2-28-21(26)18-14-17(7-8-19(18)24-9-11-27-12-10-24)23-20(25)13-15-3-5-16(22)6-4-15/h3-8,14H,2,9-13H2,1H3,(H,23,25). The third-order valence-electron chi connectivity index (χ3n) is 4.41. The summed E-state index contributed by atoms with van der Waals surface area (Å²) in [7, 11) is 0. The fraction of sp³-hybridized carbons (Fsp3) is 0.333. The third kappa shape index (κ3) is 5.24. The van der Waals surface area contributed by atoms with Gasteiger partial charge in [0.2, 0.25) is 5.91 Å². The zero-order valence-electron chi connectivity index (χ0n) is 15.7. The number of morpholine rings is 1. The van der Waals surface area contributed by atoms with Crippen LogP contribution in [0.15, 0.2) is 42.5 Å². The van der Waals surface area contributed by atoms with Gasteiger partial charge in [0.15, 0.2) is 0 Å². The van der Waals surface area contributed by atoms with Crippen molar-refractivity contribution in [1.82, 2.24) is 0 Å². The highest BCUT2D eigenvalue weighted by atomic mass is 35.5. The molecule has 1 amide bonds. The van der Waals surface area contributed by atoms with Crippen molar-refractivity contribution in [3.05, 3.63) is 58.6 Å². The fourth-order valence-corrected chi connectivity index (χ4v) is 3.18. The Morgan fingerprint density at radius 1 is 1.14 bits per heavy atom. The average molecular weight is 403 g/mol. The van der Waals surface area contributed by atoms with Gasteiger partial charge >= 0.3 is 5.97 Å². The number of nitrogens with one attached hydrogen (secondary N) is 1. The first-order chi connectivity index (χ1) is 13.6. The molecule has 0 spiro atoms. The van der Waals surface area contributed by atoms with Gasteiger partial charge < -0.3 is 19.7 Å². The molecule has 1 fully saturated rings. The number of halogens is 1. The first kappa shape index (κ1) is 20.2. The Balaban J connectivity index is 1.77. The Labute approximate surface area is 169 Å². The first-order valence-electron chi connectivity index (χ1n) is 9.25. The molecule has 0 unspecified atom stereocenters. The Kier molecular flexibility index (Phi) is 6.90. The van der Waals surface area contributed by atoms with Crippen molar-refractivity contribution in [2.45, 2.75) is 13.3 Å². The minimum Gasteiger partial charge on any atom is -0.462 e. The number of anilines is 2. The highest BCUT2D eigenvalue weighted by Crippen LogP contribution is 2.26. The maximum atomic E-state index is 12.5. The van der Waals surface area contributed by atoms with E-state index in [4.69, 9.17) is 21.1 Å². The van der Waals surface area contributed by atoms with Crippen molar-refractivity contribution in [2.75, 3.05) is 43.1 Å². The monoisotopic (exact) mass is 402 g/mol. The minimum absolute atomic E-state index is 0.170. The van der Waals surface area contributed by atoms with E-state index >= 15 is 0 Å². The number of hydrogen-bond donors (Lipinski definition) is 1. The van der Waals surface area contributed by atoms with Crippen LogP contribution in [0.5, 0.6) is 0 Å². The first-order valence-corrected chi connectivity index (χ1v) is 9.63. The van der Waals surface area contributed by atoms with Gasteiger partial charge in [-0.2, -0.15) is 0 Å². The highest BCUT2D eigenvalue weighted by Gasteiger charge is 2.20. The molecule has 0 aliphatic carbocycles. The third-order valence-corrected chi connectivity index (χ3v) is 4.66. The molecule has 3 rings (SSSR count). The minimum atomic E-state index is -0.405. The number of hydrogen-bond acceptors (Lipinski definition) is 5. The van der Waals surface area contributed by atoms with Gasteiger partial charge in [-0.25, -0.2) is 4.79 Å². The number of benzene rings is 2. The van der Waals surface area contributed by atoms with Crippen LogP contribution in [0.2, 0.25) is 5.02 Å². The smallest absolute Gasteiger partial charge is 0.340 e. The number of nitrogens with zero attached hydrogens (tertiary/aromatic N) is 1. The zero-order chi connectivity index (χ0) is 19.9. The molecule has 1 aliphatic heterocycles. The summed E-state index contributed by atoms with van der Waals surface area (Å²) in [5.41, 5.74) is 2.64. The molecule has 2 aromatic carbocycles. The summed E-state index contributed by atoms with van der Waals surface area (Å²) < 4.78 is 10.6. The molecule has 0 atom stereocenters. The SMILES string of the molecule is CCOC(=O)c1cc(NC(=O)Cc2ccc(Cl)cc2)ccc1N1CCOCC1. The molecule has 1 aliphatic rings. The van der Waals surface area contributed by atoms with Crippen LogP contribution in [0.3, 0.4) is 0 Å². The molecule has 0 radical (unpaired) electrons. The lowest BCUT2D eigenvalue weighted by Crippen LogP contribution is -2.37. The maximum Gasteiger partial charge on any atom is 0.340 e. The van der Waals surface area contributed by atoms with Crippen molar-refractivity contribution >= 4 is 34.9 Å². The van der Waals surface area contributed by atoms with Gasteiger partial charge in [-0.15, -0.1) is 0 Å². The van der Waals surface area contributed by atoms with Gasteiger partial charge in [-0.05, 0) is 42.8 Å². The van der Waals surface area contributed by atoms with Crippen LogP contribution >= 0.6 is 11.6 Å². The maximum absolute atomic E-state index is 12.5. The number of carbonyl (C=O) groups excluding carboxylic acids is 2. The van der Waals surface area contributed by atoms with Crippen LogP contribution in [0.25, 0.3) is 0 Å². The molecule has 148 valence electrons. The summed E-state index contributed by atoms with van der Waals surface area (Å²) in [4.78, 5) is 26.9. The number of ether oxygens (including phenoxy) is 2. The number of esters is 1. The van der Waals surface area contributed by atoms with Gasteiger partial charge in [-0.3, -0.25) is 4.79 Å². The van der Waals surface area contributed by atoms with E-state index in [9.17, 15) is 9.59 Å². The Hall–Kier alpha value is -2.57. The Morgan fingerprint density at radius 2 is 1.86 bits per heavy atom. The quantitative estimate of drug-likeness (QED) is 0.748. The predicted molar refractivity (Wildman–Crippen MR) is 109 cm³/mol. The lowest BCUT2D eigenvalue weighted by atomic mass is 10.1. The summed E-state index contributed by atoms with van der Waals surface area (Å²) in [6.45, 7) is 4.69. The van der Waals surface area contributed by atoms with Crippen LogP contribution in [-0.2, 0) is 20.7 Å². The molecule has 1 saturated heterocycles. The van der Waals surface area contributed by atoms with Crippen LogP contribution in [-0.4, -0.2) is 44.8 Å². The summed E-state index contributed by atoms with van der Waals surface area (Å²) >= 11 is 5.87. The molecule has 0 saturated carbocycles. The van der Waals surface area contributed by atoms with Crippen LogP contribution in [0.1, 0.15) is 22.8 Å². The van der Waals surface area contributed by atoms with Gasteiger partial charge in [0.25, 0.3) is 0 Å². The zero-order valence-corrected chi connectivity index (χ0v) is 16.5. The fourth-order valence-electron chi connectivity index (χ4n) is 3.06. The molecule has 6 nitrogen and oxygen atoms in total. The summed E-state index contributed by atoms with van der Waals surface area (Å²) in [5, 5.41) is 3.48. The largest absolute Gasteiger partial charge is 0.462 e. The van der Waals surface area contributed by atoms with Gasteiger partial charge in [0.05, 0.1) is 37.5 Å². The average Bonchev–Trinajstić information content (AvgIpc) is 2.70. The van der Waals surface area contributed by atoms with E-state index in [-0.39, 0.29) is 18.9 Å².